The van der Waals surface area contributed by atoms with Crippen LogP contribution in [0.1, 0.15) is 12.5 Å². The van der Waals surface area contributed by atoms with Gasteiger partial charge in [0.25, 0.3) is 0 Å². The molecule has 0 unspecified atom stereocenters. The summed E-state index contributed by atoms with van der Waals surface area (Å²) in [6.45, 7) is 3.38. The summed E-state index contributed by atoms with van der Waals surface area (Å²) in [5.74, 6) is -0.796. The zero-order valence-electron chi connectivity index (χ0n) is 10.9. The first-order valence-electron chi connectivity index (χ1n) is 6.22. The molecule has 0 aliphatic rings. The molecule has 1 N–H and O–H groups in total. The molecule has 5 heteroatoms. The Morgan fingerprint density at radius 2 is 2.11 bits per heavy atom. The van der Waals surface area contributed by atoms with E-state index in [1.54, 1.807) is 10.9 Å². The fourth-order valence-corrected chi connectivity index (χ4v) is 1.90. The predicted octanol–water partition coefficient (Wildman–Crippen LogP) is 1.78. The number of carboxylic acids is 1. The number of benzene rings is 1. The monoisotopic (exact) mass is 259 g/mol. The second-order valence-corrected chi connectivity index (χ2v) is 4.31. The van der Waals surface area contributed by atoms with E-state index in [0.717, 1.165) is 11.3 Å². The van der Waals surface area contributed by atoms with Crippen molar-refractivity contribution in [3.63, 3.8) is 0 Å². The van der Waals surface area contributed by atoms with Crippen LogP contribution in [0.25, 0.3) is 5.69 Å². The molecule has 0 amide bonds. The summed E-state index contributed by atoms with van der Waals surface area (Å²) in [4.78, 5) is 12.6. The summed E-state index contributed by atoms with van der Waals surface area (Å²) in [5, 5.41) is 13.0. The van der Waals surface area contributed by atoms with Crippen molar-refractivity contribution in [3.8, 4) is 5.69 Å². The van der Waals surface area contributed by atoms with E-state index < -0.39 is 5.97 Å². The van der Waals surface area contributed by atoms with Crippen molar-refractivity contribution in [3.05, 3.63) is 48.3 Å². The molecule has 0 spiro atoms. The van der Waals surface area contributed by atoms with Gasteiger partial charge in [-0.1, -0.05) is 19.1 Å². The van der Waals surface area contributed by atoms with Gasteiger partial charge in [0, 0.05) is 18.9 Å². The maximum absolute atomic E-state index is 10.7. The molecule has 0 saturated carbocycles. The molecule has 0 bridgehead atoms. The van der Waals surface area contributed by atoms with Crippen LogP contribution < -0.4 is 0 Å². The number of carboxylic acid groups (broad SMARTS) is 1. The van der Waals surface area contributed by atoms with E-state index in [4.69, 9.17) is 5.11 Å². The van der Waals surface area contributed by atoms with Gasteiger partial charge in [-0.3, -0.25) is 9.69 Å². The molecule has 0 aliphatic carbocycles. The Balaban J connectivity index is 2.04. The molecule has 5 nitrogen and oxygen atoms in total. The van der Waals surface area contributed by atoms with Gasteiger partial charge in [0.15, 0.2) is 0 Å². The molecule has 1 aromatic heterocycles. The summed E-state index contributed by atoms with van der Waals surface area (Å²) in [5.41, 5.74) is 2.09. The van der Waals surface area contributed by atoms with Crippen molar-refractivity contribution in [2.75, 3.05) is 13.1 Å². The fraction of sp³-hybridized carbons (Fsp3) is 0.286. The molecule has 19 heavy (non-hydrogen) atoms. The molecule has 0 atom stereocenters. The number of carbonyl (C=O) groups is 1. The zero-order chi connectivity index (χ0) is 13.7. The van der Waals surface area contributed by atoms with Crippen LogP contribution in [0.3, 0.4) is 0 Å². The Morgan fingerprint density at radius 3 is 2.63 bits per heavy atom. The maximum Gasteiger partial charge on any atom is 0.317 e. The molecule has 1 heterocycles. The Bertz CT molecular complexity index is 520. The highest BCUT2D eigenvalue weighted by Crippen LogP contribution is 2.10. The fourth-order valence-electron chi connectivity index (χ4n) is 1.90. The average Bonchev–Trinajstić information content (AvgIpc) is 2.92. The van der Waals surface area contributed by atoms with E-state index in [2.05, 4.69) is 5.10 Å². The van der Waals surface area contributed by atoms with Gasteiger partial charge in [0.2, 0.25) is 0 Å². The van der Waals surface area contributed by atoms with Crippen LogP contribution in [0.5, 0.6) is 0 Å². The van der Waals surface area contributed by atoms with Crippen LogP contribution in [-0.4, -0.2) is 38.8 Å². The zero-order valence-corrected chi connectivity index (χ0v) is 10.9. The second-order valence-electron chi connectivity index (χ2n) is 4.31. The van der Waals surface area contributed by atoms with Gasteiger partial charge < -0.3 is 5.11 Å². The number of likely N-dealkylation sites (N-methyl/N-ethyl adjacent to an activating group) is 1. The number of nitrogens with zero attached hydrogens (tertiary/aromatic N) is 3. The molecule has 1 aromatic carbocycles. The van der Waals surface area contributed by atoms with Crippen molar-refractivity contribution < 1.29 is 9.90 Å². The molecular formula is C14H17N3O2. The highest BCUT2D eigenvalue weighted by Gasteiger charge is 2.08. The molecule has 100 valence electrons. The summed E-state index contributed by atoms with van der Waals surface area (Å²) < 4.78 is 1.79. The molecule has 0 saturated heterocycles. The Morgan fingerprint density at radius 1 is 1.37 bits per heavy atom. The largest absolute Gasteiger partial charge is 0.480 e. The molecule has 0 aliphatic heterocycles. The van der Waals surface area contributed by atoms with E-state index in [9.17, 15) is 4.79 Å². The minimum absolute atomic E-state index is 0.0669. The van der Waals surface area contributed by atoms with E-state index in [1.807, 2.05) is 48.4 Å². The summed E-state index contributed by atoms with van der Waals surface area (Å²) in [6, 6.07) is 9.84. The van der Waals surface area contributed by atoms with Gasteiger partial charge in [-0.25, -0.2) is 4.68 Å². The lowest BCUT2D eigenvalue weighted by molar-refractivity contribution is -0.138. The Kier molecular flexibility index (Phi) is 4.30. The quantitative estimate of drug-likeness (QED) is 0.859. The second kappa shape index (κ2) is 6.15. The summed E-state index contributed by atoms with van der Waals surface area (Å²) >= 11 is 0. The predicted molar refractivity (Wildman–Crippen MR) is 72.2 cm³/mol. The van der Waals surface area contributed by atoms with Crippen molar-refractivity contribution in [2.24, 2.45) is 0 Å². The number of aromatic nitrogens is 2. The van der Waals surface area contributed by atoms with Crippen LogP contribution in [0, 0.1) is 0 Å². The topological polar surface area (TPSA) is 58.4 Å². The molecule has 2 rings (SSSR count). The molecule has 0 radical (unpaired) electrons. The minimum atomic E-state index is -0.796. The standard InChI is InChI=1S/C14H17N3O2/c1-2-16(11-14(18)19)10-12-4-6-13(7-5-12)17-9-3-8-15-17/h3-9H,2,10-11H2,1H3,(H,18,19). The third-order valence-corrected chi connectivity index (χ3v) is 2.92. The molecule has 2 aromatic rings. The van der Waals surface area contributed by atoms with E-state index >= 15 is 0 Å². The van der Waals surface area contributed by atoms with Crippen LogP contribution in [0.2, 0.25) is 0 Å². The van der Waals surface area contributed by atoms with Crippen LogP contribution in [-0.2, 0) is 11.3 Å². The van der Waals surface area contributed by atoms with E-state index in [0.29, 0.717) is 13.1 Å². The first kappa shape index (κ1) is 13.3. The first-order valence-corrected chi connectivity index (χ1v) is 6.22. The lowest BCUT2D eigenvalue weighted by Gasteiger charge is -2.18. The third kappa shape index (κ3) is 3.66. The molecular weight excluding hydrogens is 242 g/mol. The lowest BCUT2D eigenvalue weighted by Crippen LogP contribution is -2.29. The maximum atomic E-state index is 10.7. The van der Waals surface area contributed by atoms with Crippen molar-refractivity contribution in [2.45, 2.75) is 13.5 Å². The van der Waals surface area contributed by atoms with Crippen molar-refractivity contribution in [1.29, 1.82) is 0 Å². The van der Waals surface area contributed by atoms with Crippen LogP contribution in [0.15, 0.2) is 42.7 Å². The number of hydrogen-bond donors (Lipinski definition) is 1. The van der Waals surface area contributed by atoms with Gasteiger partial charge in [-0.05, 0) is 30.3 Å². The Labute approximate surface area is 112 Å². The van der Waals surface area contributed by atoms with Gasteiger partial charge in [0.05, 0.1) is 12.2 Å². The smallest absolute Gasteiger partial charge is 0.317 e. The first-order chi connectivity index (χ1) is 9.19. The Hall–Kier alpha value is -2.14. The molecule has 0 fully saturated rings. The highest BCUT2D eigenvalue weighted by molar-refractivity contribution is 5.69. The van der Waals surface area contributed by atoms with E-state index in [1.165, 1.54) is 0 Å². The van der Waals surface area contributed by atoms with Gasteiger partial charge in [0.1, 0.15) is 0 Å². The third-order valence-electron chi connectivity index (χ3n) is 2.92. The number of rotatable bonds is 6. The van der Waals surface area contributed by atoms with Crippen LogP contribution >= 0.6 is 0 Å². The SMILES string of the molecule is CCN(CC(=O)O)Cc1ccc(-n2cccn2)cc1. The van der Waals surface area contributed by atoms with Crippen molar-refractivity contribution >= 4 is 5.97 Å². The highest BCUT2D eigenvalue weighted by atomic mass is 16.4. The lowest BCUT2D eigenvalue weighted by atomic mass is 10.2. The van der Waals surface area contributed by atoms with Gasteiger partial charge in [-0.2, -0.15) is 5.10 Å². The van der Waals surface area contributed by atoms with Crippen LogP contribution in [0.4, 0.5) is 0 Å². The number of aliphatic carboxylic acids is 1. The van der Waals surface area contributed by atoms with Gasteiger partial charge >= 0.3 is 5.97 Å². The normalized spacial score (nSPS) is 10.8. The van der Waals surface area contributed by atoms with E-state index in [-0.39, 0.29) is 6.54 Å². The van der Waals surface area contributed by atoms with Gasteiger partial charge in [-0.15, -0.1) is 0 Å². The minimum Gasteiger partial charge on any atom is -0.480 e. The summed E-state index contributed by atoms with van der Waals surface area (Å²) in [6.07, 6.45) is 3.62. The summed E-state index contributed by atoms with van der Waals surface area (Å²) in [7, 11) is 0. The average molecular weight is 259 g/mol. The number of hydrogen-bond acceptors (Lipinski definition) is 3. The van der Waals surface area contributed by atoms with Crippen molar-refractivity contribution in [1.82, 2.24) is 14.7 Å².